The summed E-state index contributed by atoms with van der Waals surface area (Å²) < 4.78 is 40.4. The molecule has 1 atom stereocenters. The van der Waals surface area contributed by atoms with Crippen LogP contribution in [0.1, 0.15) is 113 Å². The van der Waals surface area contributed by atoms with Gasteiger partial charge in [0.2, 0.25) is 0 Å². The Balaban J connectivity index is 0.000000410. The lowest BCUT2D eigenvalue weighted by Gasteiger charge is -2.24. The summed E-state index contributed by atoms with van der Waals surface area (Å²) in [6, 6.07) is 5.92. The van der Waals surface area contributed by atoms with Crippen LogP contribution in [0.4, 0.5) is 26.1 Å². The van der Waals surface area contributed by atoms with E-state index in [-0.39, 0.29) is 17.2 Å². The third kappa shape index (κ3) is 13.7. The number of aromatic nitrogens is 4. The number of benzene rings is 1. The first kappa shape index (κ1) is 43.8. The fraction of sp³-hybridized carbons (Fsp3) is 0.500. The van der Waals surface area contributed by atoms with Crippen molar-refractivity contribution < 1.29 is 18.3 Å². The van der Waals surface area contributed by atoms with E-state index in [9.17, 15) is 4.39 Å². The maximum absolute atomic E-state index is 15.2. The van der Waals surface area contributed by atoms with Crippen molar-refractivity contribution in [2.24, 2.45) is 11.8 Å². The molecule has 1 saturated carbocycles. The molecule has 0 radical (unpaired) electrons. The number of nitrogens with one attached hydrogen (secondary N) is 1. The quantitative estimate of drug-likeness (QED) is 0.152. The third-order valence-electron chi connectivity index (χ3n) is 8.85. The molecule has 4 heterocycles. The van der Waals surface area contributed by atoms with E-state index in [1.807, 2.05) is 19.9 Å². The van der Waals surface area contributed by atoms with E-state index in [0.29, 0.717) is 40.7 Å². The number of unbranched alkanes of at least 4 members (excludes halogenated alkanes) is 2. The summed E-state index contributed by atoms with van der Waals surface area (Å²) in [4.78, 5) is 19.7. The number of aryl methyl sites for hydroxylation is 1. The Morgan fingerprint density at radius 2 is 1.80 bits per heavy atom. The predicted molar refractivity (Wildman–Crippen MR) is 220 cm³/mol. The second-order valence-electron chi connectivity index (χ2n) is 14.0. The molecule has 0 amide bonds. The van der Waals surface area contributed by atoms with E-state index in [4.69, 9.17) is 14.5 Å². The van der Waals surface area contributed by atoms with Crippen LogP contribution in [-0.2, 0) is 0 Å². The zero-order valence-corrected chi connectivity index (χ0v) is 34.2. The maximum atomic E-state index is 15.2. The summed E-state index contributed by atoms with van der Waals surface area (Å²) in [6.07, 6.45) is 16.8. The molecular formula is C44H62F2N6O2. The molecule has 1 aliphatic heterocycles. The van der Waals surface area contributed by atoms with Crippen molar-refractivity contribution in [2.75, 3.05) is 29.9 Å². The second kappa shape index (κ2) is 22.6. The normalized spacial score (nSPS) is 14.4. The summed E-state index contributed by atoms with van der Waals surface area (Å²) in [5, 5.41) is 3.08. The molecule has 1 aliphatic carbocycles. The minimum atomic E-state index is -0.560. The van der Waals surface area contributed by atoms with Gasteiger partial charge in [0.15, 0.2) is 17.4 Å². The number of nitrogens with zero attached hydrogens (tertiary/aromatic N) is 5. The molecule has 1 aromatic carbocycles. The first-order valence-corrected chi connectivity index (χ1v) is 19.8. The van der Waals surface area contributed by atoms with Gasteiger partial charge in [-0.05, 0) is 57.1 Å². The largest absolute Gasteiger partial charge is 0.489 e. The van der Waals surface area contributed by atoms with Crippen LogP contribution in [0.15, 0.2) is 66.3 Å². The molecule has 2 aliphatic rings. The van der Waals surface area contributed by atoms with Gasteiger partial charge in [-0.3, -0.25) is 4.98 Å². The second-order valence-corrected chi connectivity index (χ2v) is 14.0. The molecule has 0 spiro atoms. The zero-order valence-electron chi connectivity index (χ0n) is 34.2. The third-order valence-corrected chi connectivity index (χ3v) is 8.85. The van der Waals surface area contributed by atoms with Crippen molar-refractivity contribution in [3.05, 3.63) is 83.5 Å². The Morgan fingerprint density at radius 1 is 1.06 bits per heavy atom. The first-order valence-electron chi connectivity index (χ1n) is 19.8. The van der Waals surface area contributed by atoms with Crippen molar-refractivity contribution in [3.63, 3.8) is 0 Å². The highest BCUT2D eigenvalue weighted by Crippen LogP contribution is 2.36. The molecule has 6 rings (SSSR count). The van der Waals surface area contributed by atoms with E-state index in [0.717, 1.165) is 56.7 Å². The maximum Gasteiger partial charge on any atom is 0.172 e. The number of rotatable bonds is 11. The van der Waals surface area contributed by atoms with Crippen LogP contribution in [0.25, 0.3) is 11.0 Å². The number of ether oxygens (including phenoxy) is 2. The van der Waals surface area contributed by atoms with E-state index in [1.165, 1.54) is 49.5 Å². The molecule has 54 heavy (non-hydrogen) atoms. The Labute approximate surface area is 322 Å². The minimum Gasteiger partial charge on any atom is -0.489 e. The van der Waals surface area contributed by atoms with Crippen molar-refractivity contribution in [1.82, 2.24) is 19.9 Å². The van der Waals surface area contributed by atoms with E-state index in [2.05, 4.69) is 85.8 Å². The number of pyridine rings is 2. The lowest BCUT2D eigenvalue weighted by atomic mass is 10.1. The Bertz CT molecular complexity index is 1820. The summed E-state index contributed by atoms with van der Waals surface area (Å²) >= 11 is 0. The van der Waals surface area contributed by atoms with Gasteiger partial charge in [0, 0.05) is 37.2 Å². The van der Waals surface area contributed by atoms with Crippen molar-refractivity contribution >= 4 is 28.4 Å². The fourth-order valence-corrected chi connectivity index (χ4v) is 5.32. The summed E-state index contributed by atoms with van der Waals surface area (Å²) in [6.45, 7) is 23.4. The van der Waals surface area contributed by atoms with Gasteiger partial charge in [-0.2, -0.15) is 0 Å². The van der Waals surface area contributed by atoms with Crippen LogP contribution in [0, 0.1) is 30.4 Å². The van der Waals surface area contributed by atoms with Gasteiger partial charge in [0.05, 0.1) is 30.2 Å². The lowest BCUT2D eigenvalue weighted by molar-refractivity contribution is 0.273. The molecule has 294 valence electrons. The average molecular weight is 745 g/mol. The van der Waals surface area contributed by atoms with Gasteiger partial charge < -0.3 is 19.7 Å². The van der Waals surface area contributed by atoms with E-state index >= 15 is 4.39 Å². The van der Waals surface area contributed by atoms with Crippen LogP contribution < -0.4 is 19.7 Å². The number of hydrogen-bond donors (Lipinski definition) is 1. The number of hydrogen-bond acceptors (Lipinski definition) is 8. The Hall–Kier alpha value is -4.60. The standard InChI is InChI=1S/C28H30F2N6O2.C9H14.C5H12.C2H6/c1-4-5-6-7-36-14-17(2)15-37-25-11-23-26(35-28(25)36)27(33-16-32-23)34-22-8-18(3)24(10-21(22)30)38-20-9-19(29)12-31-13-20;1-3-4-5-8(2)9-6-7-9;1-4-5(2)3;1-2/h8-13,16-17H,4-7,14-15H2,1-3H3,(H,32,33,34);4-5H,3,6-7H2,1-2H3;5H,4H2,1-3H3;1-2H3/b;5-4+;;. The topological polar surface area (TPSA) is 85.3 Å². The van der Waals surface area contributed by atoms with Crippen molar-refractivity contribution in [3.8, 4) is 17.2 Å². The molecule has 1 unspecified atom stereocenters. The van der Waals surface area contributed by atoms with Gasteiger partial charge in [0.25, 0.3) is 0 Å². The number of fused-ring (bicyclic) bond motifs is 2. The number of allylic oxidation sites excluding steroid dienone is 4. The molecule has 3 aromatic heterocycles. The molecular weight excluding hydrogens is 683 g/mol. The molecule has 10 heteroatoms. The smallest absolute Gasteiger partial charge is 0.172 e. The SMILES string of the molecule is CC.CC/C=C/C(C)=C1CC1.CCC(C)C.CCCCCN1CC(C)COc2cc3ncnc(Nc4cc(C)c(Oc5cncc(F)c5)cc4F)c3nc21. The van der Waals surface area contributed by atoms with Gasteiger partial charge in [-0.1, -0.05) is 98.0 Å². The number of anilines is 3. The summed E-state index contributed by atoms with van der Waals surface area (Å²) in [7, 11) is 0. The van der Waals surface area contributed by atoms with Crippen LogP contribution in [0.5, 0.6) is 17.2 Å². The lowest BCUT2D eigenvalue weighted by Crippen LogP contribution is -2.30. The molecule has 4 aromatic rings. The first-order chi connectivity index (χ1) is 26.0. The van der Waals surface area contributed by atoms with Crippen LogP contribution in [0.3, 0.4) is 0 Å². The van der Waals surface area contributed by atoms with Gasteiger partial charge in [0.1, 0.15) is 35.0 Å². The molecule has 0 saturated heterocycles. The van der Waals surface area contributed by atoms with E-state index in [1.54, 1.807) is 18.6 Å². The average Bonchev–Trinajstić information content (AvgIpc) is 4.03. The van der Waals surface area contributed by atoms with Crippen molar-refractivity contribution in [2.45, 2.75) is 114 Å². The van der Waals surface area contributed by atoms with Gasteiger partial charge >= 0.3 is 0 Å². The van der Waals surface area contributed by atoms with E-state index < -0.39 is 11.6 Å². The van der Waals surface area contributed by atoms with Crippen molar-refractivity contribution in [1.29, 1.82) is 0 Å². The molecule has 8 nitrogen and oxygen atoms in total. The molecule has 1 N–H and O–H groups in total. The predicted octanol–water partition coefficient (Wildman–Crippen LogP) is 12.7. The Kier molecular flexibility index (Phi) is 18.3. The monoisotopic (exact) mass is 744 g/mol. The summed E-state index contributed by atoms with van der Waals surface area (Å²) in [5.41, 5.74) is 5.11. The van der Waals surface area contributed by atoms with Gasteiger partial charge in [-0.15, -0.1) is 0 Å². The Morgan fingerprint density at radius 3 is 2.44 bits per heavy atom. The highest BCUT2D eigenvalue weighted by Gasteiger charge is 2.24. The highest BCUT2D eigenvalue weighted by molar-refractivity contribution is 5.90. The molecule has 1 fully saturated rings. The van der Waals surface area contributed by atoms with Gasteiger partial charge in [-0.25, -0.2) is 23.7 Å². The molecule has 0 bridgehead atoms. The number of halogens is 2. The summed E-state index contributed by atoms with van der Waals surface area (Å²) in [5.74, 6) is 2.39. The van der Waals surface area contributed by atoms with Crippen LogP contribution in [-0.4, -0.2) is 39.6 Å². The minimum absolute atomic E-state index is 0.180. The van der Waals surface area contributed by atoms with Crippen LogP contribution in [0.2, 0.25) is 0 Å². The zero-order chi connectivity index (χ0) is 39.6. The highest BCUT2D eigenvalue weighted by atomic mass is 19.1. The van der Waals surface area contributed by atoms with Crippen LogP contribution >= 0.6 is 0 Å². The fourth-order valence-electron chi connectivity index (χ4n) is 5.32.